The summed E-state index contributed by atoms with van der Waals surface area (Å²) in [6.45, 7) is 4.10. The molecule has 0 saturated carbocycles. The molecular formula is C25H25N7S. The third-order valence-corrected chi connectivity index (χ3v) is 7.16. The summed E-state index contributed by atoms with van der Waals surface area (Å²) in [6.07, 6.45) is 6.81. The van der Waals surface area contributed by atoms with Gasteiger partial charge in [-0.3, -0.25) is 5.43 Å². The van der Waals surface area contributed by atoms with Crippen molar-refractivity contribution in [2.75, 3.05) is 23.4 Å². The van der Waals surface area contributed by atoms with Crippen LogP contribution in [0.2, 0.25) is 0 Å². The highest BCUT2D eigenvalue weighted by Crippen LogP contribution is 2.30. The first-order chi connectivity index (χ1) is 16.3. The lowest BCUT2D eigenvalue weighted by atomic mass is 10.2. The lowest BCUT2D eigenvalue weighted by molar-refractivity contribution is 0.726. The zero-order valence-electron chi connectivity index (χ0n) is 18.5. The number of anilines is 2. The number of hydrazone groups is 1. The zero-order valence-corrected chi connectivity index (χ0v) is 19.3. The second-order valence-electron chi connectivity index (χ2n) is 8.45. The quantitative estimate of drug-likeness (QED) is 0.281. The highest BCUT2D eigenvalue weighted by atomic mass is 32.1. The van der Waals surface area contributed by atoms with Crippen LogP contribution in [0.5, 0.6) is 0 Å². The van der Waals surface area contributed by atoms with Crippen LogP contribution in [-0.2, 0) is 0 Å². The van der Waals surface area contributed by atoms with Gasteiger partial charge >= 0.3 is 0 Å². The number of hydrogen-bond acceptors (Lipinski definition) is 7. The second kappa shape index (κ2) is 8.44. The Kier molecular flexibility index (Phi) is 5.14. The monoisotopic (exact) mass is 455 g/mol. The van der Waals surface area contributed by atoms with Crippen molar-refractivity contribution in [2.45, 2.75) is 32.6 Å². The standard InChI is InChI=1S/C25H25N7S/c1-17-19(16-26-29-25-27-20-11-5-7-13-22(20)33-25)24-28-23(31-14-8-2-3-9-15-31)18-10-4-6-12-21(18)32(24)30-17/h4-7,10-13,16H,2-3,8-9,14-15H2,1H3,(H,27,29). The molecule has 0 unspecified atom stereocenters. The van der Waals surface area contributed by atoms with Crippen LogP contribution in [0, 0.1) is 6.92 Å². The maximum Gasteiger partial charge on any atom is 0.204 e. The first-order valence-corrected chi connectivity index (χ1v) is 12.3. The van der Waals surface area contributed by atoms with Gasteiger partial charge in [0.2, 0.25) is 5.13 Å². The molecule has 1 aliphatic heterocycles. The van der Waals surface area contributed by atoms with Crippen molar-refractivity contribution < 1.29 is 0 Å². The molecular weight excluding hydrogens is 430 g/mol. The molecule has 1 N–H and O–H groups in total. The molecule has 1 aliphatic rings. The van der Waals surface area contributed by atoms with Crippen LogP contribution in [0.1, 0.15) is 36.9 Å². The molecule has 1 saturated heterocycles. The number of aryl methyl sites for hydroxylation is 1. The lowest BCUT2D eigenvalue weighted by Crippen LogP contribution is -2.25. The van der Waals surface area contributed by atoms with Gasteiger partial charge in [-0.25, -0.2) is 14.5 Å². The van der Waals surface area contributed by atoms with E-state index in [0.717, 1.165) is 62.1 Å². The van der Waals surface area contributed by atoms with Crippen molar-refractivity contribution in [3.63, 3.8) is 0 Å². The Balaban J connectivity index is 1.41. The van der Waals surface area contributed by atoms with Crippen molar-refractivity contribution in [3.05, 3.63) is 59.8 Å². The van der Waals surface area contributed by atoms with Gasteiger partial charge in [-0.05, 0) is 44.0 Å². The average Bonchev–Trinajstić information content (AvgIpc) is 3.27. The Morgan fingerprint density at radius 3 is 2.61 bits per heavy atom. The van der Waals surface area contributed by atoms with E-state index >= 15 is 0 Å². The predicted molar refractivity (Wildman–Crippen MR) is 137 cm³/mol. The van der Waals surface area contributed by atoms with Crippen LogP contribution in [-0.4, -0.2) is 38.9 Å². The molecule has 33 heavy (non-hydrogen) atoms. The predicted octanol–water partition coefficient (Wildman–Crippen LogP) is 5.63. The molecule has 8 heteroatoms. The number of nitrogens with zero attached hydrogens (tertiary/aromatic N) is 6. The third kappa shape index (κ3) is 3.70. The van der Waals surface area contributed by atoms with Crippen LogP contribution in [0.4, 0.5) is 10.9 Å². The van der Waals surface area contributed by atoms with Crippen molar-refractivity contribution in [1.29, 1.82) is 0 Å². The average molecular weight is 456 g/mol. The fourth-order valence-corrected chi connectivity index (χ4v) is 5.37. The van der Waals surface area contributed by atoms with Crippen LogP contribution in [0.15, 0.2) is 53.6 Å². The number of hydrogen-bond donors (Lipinski definition) is 1. The second-order valence-corrected chi connectivity index (χ2v) is 9.48. The summed E-state index contributed by atoms with van der Waals surface area (Å²) in [7, 11) is 0. The molecule has 1 fully saturated rings. The Bertz CT molecular complexity index is 1440. The first kappa shape index (κ1) is 20.1. The van der Waals surface area contributed by atoms with Gasteiger partial charge in [-0.15, -0.1) is 0 Å². The van der Waals surface area contributed by atoms with Gasteiger partial charge in [0, 0.05) is 18.5 Å². The normalized spacial score (nSPS) is 15.1. The van der Waals surface area contributed by atoms with Crippen LogP contribution >= 0.6 is 11.3 Å². The summed E-state index contributed by atoms with van der Waals surface area (Å²) >= 11 is 1.59. The molecule has 3 aromatic heterocycles. The molecule has 5 aromatic rings. The Hall–Kier alpha value is -3.52. The van der Waals surface area contributed by atoms with E-state index in [0.29, 0.717) is 0 Å². The third-order valence-electron chi connectivity index (χ3n) is 6.22. The van der Waals surface area contributed by atoms with Gasteiger partial charge in [0.25, 0.3) is 0 Å². The number of nitrogens with one attached hydrogen (secondary N) is 1. The maximum atomic E-state index is 5.14. The molecule has 0 atom stereocenters. The highest BCUT2D eigenvalue weighted by Gasteiger charge is 2.19. The number of rotatable bonds is 4. The lowest BCUT2D eigenvalue weighted by Gasteiger charge is -2.23. The Labute approximate surface area is 195 Å². The van der Waals surface area contributed by atoms with Crippen molar-refractivity contribution >= 4 is 55.3 Å². The van der Waals surface area contributed by atoms with E-state index in [1.165, 1.54) is 25.7 Å². The molecule has 0 amide bonds. The fraction of sp³-hybridized carbons (Fsp3) is 0.280. The topological polar surface area (TPSA) is 70.7 Å². The van der Waals surface area contributed by atoms with Crippen molar-refractivity contribution in [1.82, 2.24) is 19.6 Å². The smallest absolute Gasteiger partial charge is 0.204 e. The summed E-state index contributed by atoms with van der Waals surface area (Å²) in [6, 6.07) is 16.5. The molecule has 0 bridgehead atoms. The molecule has 2 aromatic carbocycles. The molecule has 4 heterocycles. The SMILES string of the molecule is Cc1nn2c(nc(N3CCCCCC3)c3ccccc32)c1C=NNc1nc2ccccc2s1. The number of benzene rings is 2. The minimum absolute atomic E-state index is 0.769. The summed E-state index contributed by atoms with van der Waals surface area (Å²) < 4.78 is 3.09. The maximum absolute atomic E-state index is 5.14. The van der Waals surface area contributed by atoms with E-state index in [4.69, 9.17) is 10.1 Å². The van der Waals surface area contributed by atoms with Gasteiger partial charge in [0.1, 0.15) is 5.82 Å². The number of thiazole rings is 1. The van der Waals surface area contributed by atoms with Crippen molar-refractivity contribution in [3.8, 4) is 0 Å². The summed E-state index contributed by atoms with van der Waals surface area (Å²) in [5.74, 6) is 1.05. The van der Waals surface area contributed by atoms with Crippen LogP contribution in [0.25, 0.3) is 26.8 Å². The summed E-state index contributed by atoms with van der Waals surface area (Å²) in [5.41, 5.74) is 7.79. The van der Waals surface area contributed by atoms with E-state index in [9.17, 15) is 0 Å². The molecule has 0 radical (unpaired) electrons. The van der Waals surface area contributed by atoms with Gasteiger partial charge in [0.05, 0.1) is 33.2 Å². The molecule has 166 valence electrons. The summed E-state index contributed by atoms with van der Waals surface area (Å²) in [4.78, 5) is 12.2. The minimum atomic E-state index is 0.769. The van der Waals surface area contributed by atoms with Gasteiger partial charge in [-0.2, -0.15) is 10.2 Å². The minimum Gasteiger partial charge on any atom is -0.356 e. The molecule has 7 nitrogen and oxygen atoms in total. The molecule has 0 spiro atoms. The number of para-hydroxylation sites is 2. The van der Waals surface area contributed by atoms with Crippen LogP contribution in [0.3, 0.4) is 0 Å². The van der Waals surface area contributed by atoms with E-state index in [2.05, 4.69) is 50.7 Å². The fourth-order valence-electron chi connectivity index (χ4n) is 4.56. The van der Waals surface area contributed by atoms with E-state index < -0.39 is 0 Å². The summed E-state index contributed by atoms with van der Waals surface area (Å²) in [5, 5.41) is 11.2. The largest absolute Gasteiger partial charge is 0.356 e. The van der Waals surface area contributed by atoms with E-state index in [-0.39, 0.29) is 0 Å². The van der Waals surface area contributed by atoms with E-state index in [1.54, 1.807) is 11.3 Å². The molecule has 6 rings (SSSR count). The number of aromatic nitrogens is 4. The van der Waals surface area contributed by atoms with Gasteiger partial charge in [0.15, 0.2) is 5.65 Å². The van der Waals surface area contributed by atoms with Gasteiger partial charge < -0.3 is 4.90 Å². The first-order valence-electron chi connectivity index (χ1n) is 11.5. The zero-order chi connectivity index (χ0) is 22.2. The van der Waals surface area contributed by atoms with E-state index in [1.807, 2.05) is 35.9 Å². The highest BCUT2D eigenvalue weighted by molar-refractivity contribution is 7.22. The van der Waals surface area contributed by atoms with Crippen LogP contribution < -0.4 is 10.3 Å². The Morgan fingerprint density at radius 1 is 0.970 bits per heavy atom. The van der Waals surface area contributed by atoms with Gasteiger partial charge in [-0.1, -0.05) is 48.4 Å². The molecule has 0 aliphatic carbocycles. The van der Waals surface area contributed by atoms with Crippen molar-refractivity contribution in [2.24, 2.45) is 5.10 Å². The number of fused-ring (bicyclic) bond motifs is 4. The Morgan fingerprint density at radius 2 is 1.76 bits per heavy atom.